The van der Waals surface area contributed by atoms with Gasteiger partial charge < -0.3 is 4.98 Å². The van der Waals surface area contributed by atoms with E-state index in [4.69, 9.17) is 0 Å². The van der Waals surface area contributed by atoms with Crippen molar-refractivity contribution in [2.75, 3.05) is 0 Å². The molecule has 0 saturated heterocycles. The number of aryl methyl sites for hydroxylation is 1. The van der Waals surface area contributed by atoms with Crippen LogP contribution in [-0.2, 0) is 4.79 Å². The standard InChI is InChI=1S/C16H16N4O2S/c1-9-5-4-6-12(7-9)20-14-13(8-17-20)15(22)19-16(18-14)23-11(3)10(2)21/h4-8,11H,1-3H3,(H,18,19,22). The summed E-state index contributed by atoms with van der Waals surface area (Å²) in [5.74, 6) is 0.0323. The van der Waals surface area contributed by atoms with E-state index >= 15 is 0 Å². The second-order valence-electron chi connectivity index (χ2n) is 5.37. The quantitative estimate of drug-likeness (QED) is 0.588. The van der Waals surface area contributed by atoms with Gasteiger partial charge in [0.1, 0.15) is 11.2 Å². The van der Waals surface area contributed by atoms with Gasteiger partial charge in [0.05, 0.1) is 17.1 Å². The molecule has 7 heteroatoms. The lowest BCUT2D eigenvalue weighted by Gasteiger charge is -2.07. The van der Waals surface area contributed by atoms with Gasteiger partial charge in [0.2, 0.25) is 0 Å². The molecule has 3 aromatic rings. The van der Waals surface area contributed by atoms with Crippen molar-refractivity contribution in [3.05, 3.63) is 46.4 Å². The smallest absolute Gasteiger partial charge is 0.262 e. The Morgan fingerprint density at radius 1 is 1.39 bits per heavy atom. The first-order valence-electron chi connectivity index (χ1n) is 7.18. The molecule has 1 unspecified atom stereocenters. The van der Waals surface area contributed by atoms with Gasteiger partial charge in [-0.3, -0.25) is 9.59 Å². The Labute approximate surface area is 136 Å². The number of H-pyrrole nitrogens is 1. The average molecular weight is 328 g/mol. The predicted molar refractivity (Wildman–Crippen MR) is 90.2 cm³/mol. The third-order valence-electron chi connectivity index (χ3n) is 3.52. The van der Waals surface area contributed by atoms with Crippen LogP contribution in [0, 0.1) is 6.92 Å². The molecule has 3 rings (SSSR count). The number of hydrogen-bond acceptors (Lipinski definition) is 5. The molecule has 1 aromatic carbocycles. The molecule has 0 radical (unpaired) electrons. The normalized spacial score (nSPS) is 12.5. The molecular formula is C16H16N4O2S. The number of fused-ring (bicyclic) bond motifs is 1. The Hall–Kier alpha value is -2.41. The summed E-state index contributed by atoms with van der Waals surface area (Å²) in [6.45, 7) is 5.30. The van der Waals surface area contributed by atoms with Crippen LogP contribution >= 0.6 is 11.8 Å². The summed E-state index contributed by atoms with van der Waals surface area (Å²) in [6.07, 6.45) is 1.51. The van der Waals surface area contributed by atoms with Gasteiger partial charge in [0.15, 0.2) is 10.8 Å². The molecule has 0 saturated carbocycles. The van der Waals surface area contributed by atoms with E-state index in [-0.39, 0.29) is 16.6 Å². The lowest BCUT2D eigenvalue weighted by atomic mass is 10.2. The number of Topliss-reactive ketones (excluding diaryl/α,β-unsaturated/α-hetero) is 1. The maximum absolute atomic E-state index is 12.2. The van der Waals surface area contributed by atoms with Crippen LogP contribution in [0.4, 0.5) is 0 Å². The Kier molecular flexibility index (Phi) is 4.04. The zero-order valence-corrected chi connectivity index (χ0v) is 13.8. The van der Waals surface area contributed by atoms with Crippen molar-refractivity contribution in [1.82, 2.24) is 19.7 Å². The van der Waals surface area contributed by atoms with Gasteiger partial charge in [0.25, 0.3) is 5.56 Å². The minimum Gasteiger partial charge on any atom is -0.301 e. The van der Waals surface area contributed by atoms with Crippen molar-refractivity contribution in [3.8, 4) is 5.69 Å². The van der Waals surface area contributed by atoms with E-state index < -0.39 is 0 Å². The fourth-order valence-electron chi connectivity index (χ4n) is 2.15. The molecule has 118 valence electrons. The summed E-state index contributed by atoms with van der Waals surface area (Å²) in [5.41, 5.74) is 2.16. The molecule has 0 spiro atoms. The number of aromatic nitrogens is 4. The van der Waals surface area contributed by atoms with Crippen molar-refractivity contribution in [2.45, 2.75) is 31.2 Å². The summed E-state index contributed by atoms with van der Waals surface area (Å²) in [6, 6.07) is 7.80. The van der Waals surface area contributed by atoms with Crippen molar-refractivity contribution < 1.29 is 4.79 Å². The summed E-state index contributed by atoms with van der Waals surface area (Å²) < 4.78 is 1.64. The Bertz CT molecular complexity index is 945. The summed E-state index contributed by atoms with van der Waals surface area (Å²) in [5, 5.41) is 4.85. The highest BCUT2D eigenvalue weighted by atomic mass is 32.2. The Morgan fingerprint density at radius 3 is 2.87 bits per heavy atom. The number of aromatic amines is 1. The van der Waals surface area contributed by atoms with Gasteiger partial charge in [-0.05, 0) is 38.5 Å². The molecule has 2 aromatic heterocycles. The number of carbonyl (C=O) groups excluding carboxylic acids is 1. The third-order valence-corrected chi connectivity index (χ3v) is 4.63. The van der Waals surface area contributed by atoms with Gasteiger partial charge in [-0.2, -0.15) is 5.10 Å². The first kappa shape index (κ1) is 15.5. The number of hydrogen-bond donors (Lipinski definition) is 1. The molecule has 0 aliphatic carbocycles. The van der Waals surface area contributed by atoms with Gasteiger partial charge in [-0.15, -0.1) is 0 Å². The molecule has 6 nitrogen and oxygen atoms in total. The molecule has 0 amide bonds. The van der Waals surface area contributed by atoms with Crippen LogP contribution in [0.25, 0.3) is 16.7 Å². The van der Waals surface area contributed by atoms with E-state index in [0.29, 0.717) is 16.2 Å². The number of carbonyl (C=O) groups is 1. The fraction of sp³-hybridized carbons (Fsp3) is 0.250. The third kappa shape index (κ3) is 3.05. The van der Waals surface area contributed by atoms with E-state index in [9.17, 15) is 9.59 Å². The number of nitrogens with zero attached hydrogens (tertiary/aromatic N) is 3. The Balaban J connectivity index is 2.13. The molecule has 0 aliphatic rings. The molecule has 1 N–H and O–H groups in total. The highest BCUT2D eigenvalue weighted by molar-refractivity contribution is 8.00. The SMILES string of the molecule is CC(=O)C(C)Sc1nc2c(cnn2-c2cccc(C)c2)c(=O)[nH]1. The first-order valence-corrected chi connectivity index (χ1v) is 8.06. The lowest BCUT2D eigenvalue weighted by Crippen LogP contribution is -2.13. The van der Waals surface area contributed by atoms with Gasteiger partial charge in [0, 0.05) is 0 Å². The summed E-state index contributed by atoms with van der Waals surface area (Å²) in [7, 11) is 0. The number of rotatable bonds is 4. The van der Waals surface area contributed by atoms with E-state index in [1.54, 1.807) is 11.6 Å². The van der Waals surface area contributed by atoms with Crippen LogP contribution in [0.1, 0.15) is 19.4 Å². The van der Waals surface area contributed by atoms with Crippen LogP contribution in [0.2, 0.25) is 0 Å². The zero-order chi connectivity index (χ0) is 16.6. The first-order chi connectivity index (χ1) is 11.0. The maximum Gasteiger partial charge on any atom is 0.262 e. The van der Waals surface area contributed by atoms with Crippen molar-refractivity contribution in [2.24, 2.45) is 0 Å². The molecule has 0 fully saturated rings. The van der Waals surface area contributed by atoms with Crippen LogP contribution in [0.3, 0.4) is 0 Å². The van der Waals surface area contributed by atoms with Crippen molar-refractivity contribution in [1.29, 1.82) is 0 Å². The zero-order valence-electron chi connectivity index (χ0n) is 13.0. The highest BCUT2D eigenvalue weighted by Crippen LogP contribution is 2.21. The molecular weight excluding hydrogens is 312 g/mol. The second kappa shape index (κ2) is 6.00. The van der Waals surface area contributed by atoms with Crippen LogP contribution < -0.4 is 5.56 Å². The van der Waals surface area contributed by atoms with Crippen molar-refractivity contribution in [3.63, 3.8) is 0 Å². The van der Waals surface area contributed by atoms with E-state index in [2.05, 4.69) is 15.1 Å². The fourth-order valence-corrected chi connectivity index (χ4v) is 2.94. The molecule has 0 aliphatic heterocycles. The van der Waals surface area contributed by atoms with Gasteiger partial charge >= 0.3 is 0 Å². The Morgan fingerprint density at radius 2 is 2.17 bits per heavy atom. The second-order valence-corrected chi connectivity index (χ2v) is 6.70. The van der Waals surface area contributed by atoms with E-state index in [1.807, 2.05) is 31.2 Å². The summed E-state index contributed by atoms with van der Waals surface area (Å²) >= 11 is 1.23. The lowest BCUT2D eigenvalue weighted by molar-refractivity contribution is -0.116. The van der Waals surface area contributed by atoms with E-state index in [0.717, 1.165) is 11.3 Å². The predicted octanol–water partition coefficient (Wildman–Crippen LogP) is 2.49. The van der Waals surface area contributed by atoms with Crippen molar-refractivity contribution >= 4 is 28.6 Å². The number of thioether (sulfide) groups is 1. The molecule has 0 bridgehead atoms. The van der Waals surface area contributed by atoms with Crippen LogP contribution in [-0.4, -0.2) is 30.8 Å². The topological polar surface area (TPSA) is 80.6 Å². The monoisotopic (exact) mass is 328 g/mol. The van der Waals surface area contributed by atoms with Crippen LogP contribution in [0.5, 0.6) is 0 Å². The number of nitrogens with one attached hydrogen (secondary N) is 1. The minimum atomic E-state index is -0.272. The molecule has 1 atom stereocenters. The van der Waals surface area contributed by atoms with Gasteiger partial charge in [-0.1, -0.05) is 23.9 Å². The van der Waals surface area contributed by atoms with E-state index in [1.165, 1.54) is 24.9 Å². The molecule has 2 heterocycles. The highest BCUT2D eigenvalue weighted by Gasteiger charge is 2.15. The largest absolute Gasteiger partial charge is 0.301 e. The number of benzene rings is 1. The summed E-state index contributed by atoms with van der Waals surface area (Å²) in [4.78, 5) is 30.8. The van der Waals surface area contributed by atoms with Crippen LogP contribution in [0.15, 0.2) is 40.4 Å². The minimum absolute atomic E-state index is 0.0323. The molecule has 23 heavy (non-hydrogen) atoms. The average Bonchev–Trinajstić information content (AvgIpc) is 2.91. The maximum atomic E-state index is 12.2. The van der Waals surface area contributed by atoms with Gasteiger partial charge in [-0.25, -0.2) is 9.67 Å². The number of ketones is 1.